The highest BCUT2D eigenvalue weighted by Crippen LogP contribution is 2.48. The summed E-state index contributed by atoms with van der Waals surface area (Å²) in [5, 5.41) is 13.3. The number of hydrogen-bond donors (Lipinski definition) is 3. The third kappa shape index (κ3) is 7.99. The van der Waals surface area contributed by atoms with Crippen LogP contribution in [0.15, 0.2) is 48.8 Å². The third-order valence-corrected chi connectivity index (χ3v) is 8.23. The van der Waals surface area contributed by atoms with Crippen molar-refractivity contribution in [3.63, 3.8) is 0 Å². The van der Waals surface area contributed by atoms with Gasteiger partial charge in [-0.2, -0.15) is 5.10 Å². The molecule has 0 spiro atoms. The number of rotatable bonds is 11. The van der Waals surface area contributed by atoms with Crippen LogP contribution in [-0.4, -0.2) is 56.7 Å². The highest BCUT2D eigenvalue weighted by molar-refractivity contribution is 5.93. The zero-order chi connectivity index (χ0) is 33.1. The number of aromatic amines is 1. The number of benzene rings is 2. The molecule has 1 fully saturated rings. The van der Waals surface area contributed by atoms with E-state index in [-0.39, 0.29) is 22.9 Å². The van der Waals surface area contributed by atoms with E-state index in [4.69, 9.17) is 4.74 Å². The number of nitrogens with one attached hydrogen (secondary N) is 3. The van der Waals surface area contributed by atoms with E-state index in [9.17, 15) is 13.6 Å². The maximum absolute atomic E-state index is 13.9. The van der Waals surface area contributed by atoms with Gasteiger partial charge in [0, 0.05) is 41.7 Å². The van der Waals surface area contributed by atoms with E-state index in [1.165, 1.54) is 31.3 Å². The molecule has 3 N–H and O–H groups in total. The molecule has 0 saturated carbocycles. The average Bonchev–Trinajstić information content (AvgIpc) is 3.61. The minimum Gasteiger partial charge on any atom is -0.493 e. The molecule has 46 heavy (non-hydrogen) atoms. The van der Waals surface area contributed by atoms with Crippen LogP contribution in [0.3, 0.4) is 0 Å². The van der Waals surface area contributed by atoms with Crippen molar-refractivity contribution in [2.75, 3.05) is 30.3 Å². The standard InChI is InChI=1S/C35H44F2N7O2/c1-34(2,3)32(35(4,5)6)28-12-8-15-44(28)16-9-17-46-23-13-14-24-27(20-23)38-21-39-33(24)41-29-18-22(42-43-29)19-30(45)40-26-11-7-10-25(36)31(26)37/h7,10-11,13-14,18,20-21,28H,8-9,12,15-17,19H2,1-6H3,(H,40,45)(H2,38,39,41,42,43)/t28-/m1/s1. The van der Waals surface area contributed by atoms with E-state index in [2.05, 4.69) is 77.2 Å². The van der Waals surface area contributed by atoms with E-state index in [1.54, 1.807) is 12.0 Å². The van der Waals surface area contributed by atoms with Crippen molar-refractivity contribution in [1.29, 1.82) is 0 Å². The highest BCUT2D eigenvalue weighted by atomic mass is 19.2. The number of likely N-dealkylation sites (tertiary alicyclic amines) is 1. The quantitative estimate of drug-likeness (QED) is 0.147. The lowest BCUT2D eigenvalue weighted by atomic mass is 9.63. The minimum atomic E-state index is -1.10. The molecule has 5 rings (SSSR count). The number of carbonyl (C=O) groups excluding carboxylic acids is 1. The number of ether oxygens (including phenoxy) is 1. The first-order chi connectivity index (χ1) is 21.8. The number of hydrogen-bond acceptors (Lipinski definition) is 7. The van der Waals surface area contributed by atoms with Crippen molar-refractivity contribution in [2.24, 2.45) is 10.8 Å². The first-order valence-corrected chi connectivity index (χ1v) is 15.8. The van der Waals surface area contributed by atoms with Crippen LogP contribution in [-0.2, 0) is 11.2 Å². The molecule has 1 radical (unpaired) electrons. The van der Waals surface area contributed by atoms with Gasteiger partial charge >= 0.3 is 0 Å². The van der Waals surface area contributed by atoms with E-state index in [0.717, 1.165) is 42.2 Å². The number of fused-ring (bicyclic) bond motifs is 1. The normalized spacial score (nSPS) is 15.9. The second kappa shape index (κ2) is 13.7. The Balaban J connectivity index is 1.15. The fourth-order valence-electron chi connectivity index (χ4n) is 6.83. The maximum atomic E-state index is 13.9. The molecule has 2 aromatic heterocycles. The topological polar surface area (TPSA) is 108 Å². The fraction of sp³-hybridized carbons (Fsp3) is 0.457. The Kier molecular flexibility index (Phi) is 9.91. The Bertz CT molecular complexity index is 1650. The summed E-state index contributed by atoms with van der Waals surface area (Å²) < 4.78 is 33.5. The van der Waals surface area contributed by atoms with Crippen LogP contribution >= 0.6 is 0 Å². The van der Waals surface area contributed by atoms with E-state index in [0.29, 0.717) is 30.0 Å². The lowest BCUT2D eigenvalue weighted by Gasteiger charge is -2.46. The monoisotopic (exact) mass is 632 g/mol. The lowest BCUT2D eigenvalue weighted by Crippen LogP contribution is -2.46. The highest BCUT2D eigenvalue weighted by Gasteiger charge is 2.44. The van der Waals surface area contributed by atoms with Gasteiger partial charge in [0.25, 0.3) is 0 Å². The summed E-state index contributed by atoms with van der Waals surface area (Å²) in [6.07, 6.45) is 4.74. The molecule has 245 valence electrons. The van der Waals surface area contributed by atoms with E-state index in [1.807, 2.05) is 18.2 Å². The number of aromatic nitrogens is 4. The van der Waals surface area contributed by atoms with Crippen molar-refractivity contribution in [1.82, 2.24) is 25.1 Å². The van der Waals surface area contributed by atoms with Crippen molar-refractivity contribution in [3.8, 4) is 5.75 Å². The van der Waals surface area contributed by atoms with Gasteiger partial charge in [0.05, 0.1) is 24.2 Å². The molecule has 1 amide bonds. The van der Waals surface area contributed by atoms with Gasteiger partial charge in [-0.3, -0.25) is 14.8 Å². The van der Waals surface area contributed by atoms with Gasteiger partial charge in [0.15, 0.2) is 17.5 Å². The minimum absolute atomic E-state index is 0.110. The van der Waals surface area contributed by atoms with Crippen LogP contribution in [0.25, 0.3) is 10.9 Å². The Morgan fingerprint density at radius 2 is 1.85 bits per heavy atom. The number of amides is 1. The average molecular weight is 633 g/mol. The Morgan fingerprint density at radius 3 is 2.61 bits per heavy atom. The van der Waals surface area contributed by atoms with Crippen LogP contribution in [0.1, 0.15) is 66.5 Å². The van der Waals surface area contributed by atoms with Crippen LogP contribution in [0, 0.1) is 28.4 Å². The number of H-pyrrole nitrogens is 1. The molecule has 0 aliphatic carbocycles. The summed E-state index contributed by atoms with van der Waals surface area (Å²) in [5.41, 5.74) is 1.30. The lowest BCUT2D eigenvalue weighted by molar-refractivity contribution is -0.115. The first kappa shape index (κ1) is 33.2. The van der Waals surface area contributed by atoms with Crippen molar-refractivity contribution in [3.05, 3.63) is 72.0 Å². The van der Waals surface area contributed by atoms with Crippen LogP contribution < -0.4 is 15.4 Å². The zero-order valence-electron chi connectivity index (χ0n) is 27.5. The zero-order valence-corrected chi connectivity index (χ0v) is 27.5. The summed E-state index contributed by atoms with van der Waals surface area (Å²) >= 11 is 0. The molecule has 4 aromatic rings. The Labute approximate surface area is 269 Å². The molecular formula is C35H44F2N7O2. The summed E-state index contributed by atoms with van der Waals surface area (Å²) in [6, 6.07) is 11.5. The predicted molar refractivity (Wildman–Crippen MR) is 177 cm³/mol. The van der Waals surface area contributed by atoms with Crippen LogP contribution in [0.2, 0.25) is 0 Å². The van der Waals surface area contributed by atoms with Crippen molar-refractivity contribution in [2.45, 2.75) is 73.3 Å². The van der Waals surface area contributed by atoms with Crippen molar-refractivity contribution >= 4 is 34.1 Å². The Hall–Kier alpha value is -4.12. The van der Waals surface area contributed by atoms with Gasteiger partial charge in [0.1, 0.15) is 17.9 Å². The summed E-state index contributed by atoms with van der Waals surface area (Å²) in [7, 11) is 0. The molecule has 1 aliphatic rings. The first-order valence-electron chi connectivity index (χ1n) is 15.8. The smallest absolute Gasteiger partial charge is 0.230 e. The largest absolute Gasteiger partial charge is 0.493 e. The number of halogens is 2. The van der Waals surface area contributed by atoms with Crippen LogP contribution in [0.5, 0.6) is 5.75 Å². The molecule has 0 unspecified atom stereocenters. The van der Waals surface area contributed by atoms with Gasteiger partial charge in [-0.05, 0) is 60.9 Å². The van der Waals surface area contributed by atoms with Crippen molar-refractivity contribution < 1.29 is 18.3 Å². The molecular weight excluding hydrogens is 588 g/mol. The number of nitrogens with zero attached hydrogens (tertiary/aromatic N) is 4. The molecule has 11 heteroatoms. The SMILES string of the molecule is CC(C)(C)[C]([C@H]1CCCN1CCCOc1ccc2c(Nc3cc(CC(=O)Nc4cccc(F)c4F)[nH]n3)ncnc2c1)C(C)(C)C. The third-order valence-electron chi connectivity index (χ3n) is 8.23. The molecule has 3 heterocycles. The molecule has 9 nitrogen and oxygen atoms in total. The van der Waals surface area contributed by atoms with Gasteiger partial charge in [-0.25, -0.2) is 18.7 Å². The summed E-state index contributed by atoms with van der Waals surface area (Å²) in [4.78, 5) is 23.8. The van der Waals surface area contributed by atoms with Gasteiger partial charge in [-0.1, -0.05) is 47.6 Å². The number of anilines is 3. The van der Waals surface area contributed by atoms with Gasteiger partial charge in [0.2, 0.25) is 5.91 Å². The molecule has 0 bridgehead atoms. The molecule has 2 aromatic carbocycles. The second-order valence-corrected chi connectivity index (χ2v) is 13.9. The second-order valence-electron chi connectivity index (χ2n) is 13.9. The van der Waals surface area contributed by atoms with Gasteiger partial charge < -0.3 is 15.4 Å². The summed E-state index contributed by atoms with van der Waals surface area (Å²) in [6.45, 7) is 16.8. The Morgan fingerprint density at radius 1 is 1.07 bits per heavy atom. The molecule has 1 atom stereocenters. The maximum Gasteiger partial charge on any atom is 0.230 e. The predicted octanol–water partition coefficient (Wildman–Crippen LogP) is 7.46. The van der Waals surface area contributed by atoms with Crippen LogP contribution in [0.4, 0.5) is 26.1 Å². The fourth-order valence-corrected chi connectivity index (χ4v) is 6.83. The van der Waals surface area contributed by atoms with Gasteiger partial charge in [-0.15, -0.1) is 0 Å². The van der Waals surface area contributed by atoms with E-state index >= 15 is 0 Å². The molecule has 1 aliphatic heterocycles. The number of carbonyl (C=O) groups is 1. The van der Waals surface area contributed by atoms with E-state index < -0.39 is 17.5 Å². The summed E-state index contributed by atoms with van der Waals surface area (Å²) in [5.74, 6) is 0.715. The molecule has 1 saturated heterocycles.